The highest BCUT2D eigenvalue weighted by atomic mass is 16.5. The molecule has 1 N–H and O–H groups in total. The first kappa shape index (κ1) is 17.9. The fraction of sp³-hybridized carbons (Fsp3) is 0.471. The number of nitrogens with one attached hydrogen (secondary N) is 1. The summed E-state index contributed by atoms with van der Waals surface area (Å²) >= 11 is 0. The molecule has 0 aliphatic carbocycles. The summed E-state index contributed by atoms with van der Waals surface area (Å²) in [6, 6.07) is 4.89. The molecule has 22 heavy (non-hydrogen) atoms. The molecule has 0 aromatic heterocycles. The van der Waals surface area contributed by atoms with E-state index in [1.807, 2.05) is 6.92 Å². The Morgan fingerprint density at radius 2 is 1.77 bits per heavy atom. The van der Waals surface area contributed by atoms with Crippen LogP contribution in [0.25, 0.3) is 0 Å². The molecule has 1 atom stereocenters. The highest BCUT2D eigenvalue weighted by molar-refractivity contribution is 6.08. The van der Waals surface area contributed by atoms with Crippen molar-refractivity contribution >= 4 is 23.3 Å². The molecular weight excluding hydrogens is 282 g/mol. The summed E-state index contributed by atoms with van der Waals surface area (Å²) in [4.78, 5) is 36.0. The van der Waals surface area contributed by atoms with E-state index in [1.165, 1.54) is 7.11 Å². The average molecular weight is 305 g/mol. The summed E-state index contributed by atoms with van der Waals surface area (Å²) in [7, 11) is 1.30. The van der Waals surface area contributed by atoms with Gasteiger partial charge in [0.15, 0.2) is 0 Å². The molecule has 1 amide bonds. The van der Waals surface area contributed by atoms with Gasteiger partial charge in [-0.15, -0.1) is 0 Å². The van der Waals surface area contributed by atoms with Crippen LogP contribution in [0.5, 0.6) is 0 Å². The molecule has 0 saturated carbocycles. The standard InChI is InChI=1S/C17H23NO4/c1-10-7-8-12(16(21)22-6)9-13(10)18-15(20)11(2)14(19)17(3,4)5/h7-9,11H,1-6H3,(H,18,20). The van der Waals surface area contributed by atoms with Gasteiger partial charge in [0.25, 0.3) is 0 Å². The molecule has 5 nitrogen and oxygen atoms in total. The van der Waals surface area contributed by atoms with Gasteiger partial charge in [-0.3, -0.25) is 9.59 Å². The van der Waals surface area contributed by atoms with E-state index in [-0.39, 0.29) is 11.7 Å². The number of ketones is 1. The molecule has 0 heterocycles. The van der Waals surface area contributed by atoms with Crippen molar-refractivity contribution in [1.29, 1.82) is 0 Å². The number of benzene rings is 1. The van der Waals surface area contributed by atoms with Crippen LogP contribution in [0.1, 0.15) is 43.6 Å². The maximum atomic E-state index is 12.3. The topological polar surface area (TPSA) is 72.5 Å². The van der Waals surface area contributed by atoms with Crippen LogP contribution in [0.3, 0.4) is 0 Å². The van der Waals surface area contributed by atoms with Crippen molar-refractivity contribution in [3.63, 3.8) is 0 Å². The van der Waals surface area contributed by atoms with Crippen LogP contribution in [0, 0.1) is 18.3 Å². The SMILES string of the molecule is COC(=O)c1ccc(C)c(NC(=O)C(C)C(=O)C(C)(C)C)c1. The summed E-state index contributed by atoms with van der Waals surface area (Å²) in [5.74, 6) is -1.76. The number of ether oxygens (including phenoxy) is 1. The lowest BCUT2D eigenvalue weighted by atomic mass is 9.83. The third-order valence-electron chi connectivity index (χ3n) is 3.44. The molecule has 5 heteroatoms. The van der Waals surface area contributed by atoms with Gasteiger partial charge >= 0.3 is 5.97 Å². The fourth-order valence-corrected chi connectivity index (χ4v) is 2.01. The Labute approximate surface area is 131 Å². The second-order valence-electron chi connectivity index (χ2n) is 6.35. The number of carbonyl (C=O) groups excluding carboxylic acids is 3. The van der Waals surface area contributed by atoms with Crippen molar-refractivity contribution in [2.24, 2.45) is 11.3 Å². The normalized spacial score (nSPS) is 12.5. The van der Waals surface area contributed by atoms with Crippen LogP contribution in [-0.4, -0.2) is 24.8 Å². The summed E-state index contributed by atoms with van der Waals surface area (Å²) < 4.78 is 4.66. The molecule has 0 fully saturated rings. The van der Waals surface area contributed by atoms with Gasteiger partial charge in [0.1, 0.15) is 5.78 Å². The maximum absolute atomic E-state index is 12.3. The van der Waals surface area contributed by atoms with Gasteiger partial charge in [-0.1, -0.05) is 26.8 Å². The number of hydrogen-bond acceptors (Lipinski definition) is 4. The van der Waals surface area contributed by atoms with Gasteiger partial charge in [0.2, 0.25) is 5.91 Å². The summed E-state index contributed by atoms with van der Waals surface area (Å²) in [6.45, 7) is 8.74. The third kappa shape index (κ3) is 4.16. The number of amides is 1. The van der Waals surface area contributed by atoms with E-state index in [0.717, 1.165) is 5.56 Å². The van der Waals surface area contributed by atoms with E-state index in [2.05, 4.69) is 10.1 Å². The number of hydrogen-bond donors (Lipinski definition) is 1. The number of aryl methyl sites for hydroxylation is 1. The highest BCUT2D eigenvalue weighted by Crippen LogP contribution is 2.23. The Morgan fingerprint density at radius 1 is 1.18 bits per heavy atom. The van der Waals surface area contributed by atoms with Crippen LogP contribution >= 0.6 is 0 Å². The van der Waals surface area contributed by atoms with Gasteiger partial charge in [0, 0.05) is 11.1 Å². The Balaban J connectivity index is 2.97. The summed E-state index contributed by atoms with van der Waals surface area (Å²) in [5.41, 5.74) is 1.07. The van der Waals surface area contributed by atoms with Crippen molar-refractivity contribution in [3.8, 4) is 0 Å². The first-order chi connectivity index (χ1) is 10.1. The van der Waals surface area contributed by atoms with Crippen LogP contribution in [0.2, 0.25) is 0 Å². The van der Waals surface area contributed by atoms with E-state index < -0.39 is 17.3 Å². The number of esters is 1. The number of rotatable bonds is 4. The van der Waals surface area contributed by atoms with Crippen molar-refractivity contribution in [1.82, 2.24) is 0 Å². The second-order valence-corrected chi connectivity index (χ2v) is 6.35. The average Bonchev–Trinajstić information content (AvgIpc) is 2.45. The predicted molar refractivity (Wildman–Crippen MR) is 84.8 cm³/mol. The molecule has 1 rings (SSSR count). The molecule has 0 bridgehead atoms. The lowest BCUT2D eigenvalue weighted by molar-refractivity contribution is -0.135. The minimum atomic E-state index is -0.763. The molecular formula is C17H23NO4. The van der Waals surface area contributed by atoms with Crippen LogP contribution in [0.15, 0.2) is 18.2 Å². The second kappa shape index (κ2) is 6.73. The van der Waals surface area contributed by atoms with Gasteiger partial charge in [-0.25, -0.2) is 4.79 Å². The van der Waals surface area contributed by atoms with Crippen molar-refractivity contribution in [2.45, 2.75) is 34.6 Å². The Hall–Kier alpha value is -2.17. The number of Topliss-reactive ketones (excluding diaryl/α,β-unsaturated/α-hetero) is 1. The molecule has 0 spiro atoms. The van der Waals surface area contributed by atoms with Crippen molar-refractivity contribution in [3.05, 3.63) is 29.3 Å². The first-order valence-corrected chi connectivity index (χ1v) is 7.12. The Morgan fingerprint density at radius 3 is 2.27 bits per heavy atom. The van der Waals surface area contributed by atoms with Crippen molar-refractivity contribution in [2.75, 3.05) is 12.4 Å². The highest BCUT2D eigenvalue weighted by Gasteiger charge is 2.31. The first-order valence-electron chi connectivity index (χ1n) is 7.12. The molecule has 1 unspecified atom stereocenters. The van der Waals surface area contributed by atoms with Crippen molar-refractivity contribution < 1.29 is 19.1 Å². The summed E-state index contributed by atoms with van der Waals surface area (Å²) in [6.07, 6.45) is 0. The van der Waals surface area contributed by atoms with Crippen LogP contribution in [-0.2, 0) is 14.3 Å². The number of methoxy groups -OCH3 is 1. The molecule has 1 aromatic rings. The van der Waals surface area contributed by atoms with E-state index in [4.69, 9.17) is 0 Å². The number of carbonyl (C=O) groups is 3. The van der Waals surface area contributed by atoms with Gasteiger partial charge in [-0.2, -0.15) is 0 Å². The quantitative estimate of drug-likeness (QED) is 0.685. The van der Waals surface area contributed by atoms with Crippen LogP contribution < -0.4 is 5.32 Å². The largest absolute Gasteiger partial charge is 0.465 e. The van der Waals surface area contributed by atoms with Gasteiger partial charge in [0.05, 0.1) is 18.6 Å². The van der Waals surface area contributed by atoms with Crippen LogP contribution in [0.4, 0.5) is 5.69 Å². The predicted octanol–water partition coefficient (Wildman–Crippen LogP) is 2.97. The molecule has 120 valence electrons. The van der Waals surface area contributed by atoms with E-state index >= 15 is 0 Å². The third-order valence-corrected chi connectivity index (χ3v) is 3.44. The Kier molecular flexibility index (Phi) is 5.47. The zero-order valence-electron chi connectivity index (χ0n) is 13.9. The molecule has 0 aliphatic rings. The monoisotopic (exact) mass is 305 g/mol. The van der Waals surface area contributed by atoms with E-state index in [1.54, 1.807) is 45.9 Å². The maximum Gasteiger partial charge on any atom is 0.337 e. The van der Waals surface area contributed by atoms with Gasteiger partial charge in [-0.05, 0) is 31.5 Å². The zero-order valence-corrected chi connectivity index (χ0v) is 13.9. The zero-order chi connectivity index (χ0) is 17.1. The minimum absolute atomic E-state index is 0.133. The van der Waals surface area contributed by atoms with Gasteiger partial charge < -0.3 is 10.1 Å². The molecule has 0 saturated heterocycles. The molecule has 0 radical (unpaired) electrons. The fourth-order valence-electron chi connectivity index (χ4n) is 2.01. The smallest absolute Gasteiger partial charge is 0.337 e. The summed E-state index contributed by atoms with van der Waals surface area (Å²) in [5, 5.41) is 2.71. The van der Waals surface area contributed by atoms with E-state index in [9.17, 15) is 14.4 Å². The minimum Gasteiger partial charge on any atom is -0.465 e. The number of anilines is 1. The Bertz CT molecular complexity index is 599. The molecule has 1 aromatic carbocycles. The lowest BCUT2D eigenvalue weighted by Gasteiger charge is -2.21. The molecule has 0 aliphatic heterocycles. The lowest BCUT2D eigenvalue weighted by Crippen LogP contribution is -2.35. The van der Waals surface area contributed by atoms with E-state index in [0.29, 0.717) is 11.3 Å².